The van der Waals surface area contributed by atoms with Gasteiger partial charge in [-0.2, -0.15) is 0 Å². The van der Waals surface area contributed by atoms with E-state index in [0.717, 1.165) is 34.8 Å². The number of carbonyl (C=O) groups is 4. The van der Waals surface area contributed by atoms with Crippen LogP contribution in [-0.2, 0) is 22.6 Å². The lowest BCUT2D eigenvalue weighted by atomic mass is 10.0. The second-order valence-corrected chi connectivity index (χ2v) is 7.70. The van der Waals surface area contributed by atoms with Crippen LogP contribution in [0.1, 0.15) is 44.7 Å². The molecule has 2 aromatic carbocycles. The number of nitrogens with zero attached hydrogens (tertiary/aromatic N) is 1. The van der Waals surface area contributed by atoms with Gasteiger partial charge in [0.25, 0.3) is 11.8 Å². The molecule has 0 saturated carbocycles. The number of hydrogen-bond acceptors (Lipinski definition) is 6. The van der Waals surface area contributed by atoms with E-state index in [1.807, 2.05) is 18.2 Å². The fourth-order valence-electron chi connectivity index (χ4n) is 4.31. The van der Waals surface area contributed by atoms with Gasteiger partial charge in [-0.15, -0.1) is 0 Å². The number of carbonyl (C=O) groups excluding carboxylic acids is 4. The number of nitrogens with one attached hydrogen (secondary N) is 3. The minimum Gasteiger partial charge on any atom is -0.383 e. The van der Waals surface area contributed by atoms with Crippen LogP contribution in [-0.4, -0.2) is 41.1 Å². The van der Waals surface area contributed by atoms with Crippen molar-refractivity contribution in [3.63, 3.8) is 0 Å². The van der Waals surface area contributed by atoms with Crippen LogP contribution < -0.4 is 16.0 Å². The Morgan fingerprint density at radius 1 is 1.00 bits per heavy atom. The SMILES string of the molecule is O=C1CCC(N2C(=O)c3ccc(CNc4cccc5c4NCC5)cc3C2=O)C(=O)N1. The molecule has 3 aliphatic rings. The Balaban J connectivity index is 1.36. The van der Waals surface area contributed by atoms with Crippen molar-refractivity contribution in [1.82, 2.24) is 10.2 Å². The van der Waals surface area contributed by atoms with Crippen LogP contribution in [0.2, 0.25) is 0 Å². The van der Waals surface area contributed by atoms with Gasteiger partial charge in [0.15, 0.2) is 0 Å². The molecule has 2 aromatic rings. The molecule has 0 spiro atoms. The Labute approximate surface area is 172 Å². The van der Waals surface area contributed by atoms with Crippen molar-refractivity contribution in [1.29, 1.82) is 0 Å². The number of rotatable bonds is 4. The topological polar surface area (TPSA) is 108 Å². The van der Waals surface area contributed by atoms with Gasteiger partial charge in [0.1, 0.15) is 6.04 Å². The number of para-hydroxylation sites is 1. The van der Waals surface area contributed by atoms with E-state index in [4.69, 9.17) is 0 Å². The summed E-state index contributed by atoms with van der Waals surface area (Å²) in [7, 11) is 0. The molecule has 5 rings (SSSR count). The molecule has 30 heavy (non-hydrogen) atoms. The van der Waals surface area contributed by atoms with E-state index in [-0.39, 0.29) is 24.3 Å². The first kappa shape index (κ1) is 18.4. The predicted molar refractivity (Wildman–Crippen MR) is 109 cm³/mol. The molecular weight excluding hydrogens is 384 g/mol. The molecule has 0 bridgehead atoms. The fraction of sp³-hybridized carbons (Fsp3) is 0.273. The molecule has 1 saturated heterocycles. The van der Waals surface area contributed by atoms with Gasteiger partial charge in [0, 0.05) is 19.5 Å². The molecule has 0 aliphatic carbocycles. The molecule has 3 heterocycles. The first-order valence-corrected chi connectivity index (χ1v) is 9.97. The molecular formula is C22H20N4O4. The molecule has 1 atom stereocenters. The van der Waals surface area contributed by atoms with Gasteiger partial charge in [0.2, 0.25) is 11.8 Å². The minimum atomic E-state index is -0.949. The third-order valence-electron chi connectivity index (χ3n) is 5.83. The van der Waals surface area contributed by atoms with Gasteiger partial charge in [-0.25, -0.2) is 0 Å². The standard InChI is InChI=1S/C22H20N4O4/c27-18-7-6-17(20(28)25-18)26-21(29)14-5-4-12(10-15(14)22(26)30)11-24-16-3-1-2-13-8-9-23-19(13)16/h1-5,10,17,23-24H,6-9,11H2,(H,25,27,28). The van der Waals surface area contributed by atoms with Gasteiger partial charge in [0.05, 0.1) is 22.5 Å². The summed E-state index contributed by atoms with van der Waals surface area (Å²) in [5.41, 5.74) is 4.81. The van der Waals surface area contributed by atoms with Crippen molar-refractivity contribution >= 4 is 35.0 Å². The zero-order chi connectivity index (χ0) is 20.8. The first-order chi connectivity index (χ1) is 14.5. The zero-order valence-corrected chi connectivity index (χ0v) is 16.2. The summed E-state index contributed by atoms with van der Waals surface area (Å²) in [6.07, 6.45) is 1.25. The fourth-order valence-corrected chi connectivity index (χ4v) is 4.31. The van der Waals surface area contributed by atoms with E-state index < -0.39 is 23.8 Å². The number of amides is 4. The highest BCUT2D eigenvalue weighted by molar-refractivity contribution is 6.23. The van der Waals surface area contributed by atoms with Crippen LogP contribution in [0.15, 0.2) is 36.4 Å². The van der Waals surface area contributed by atoms with Gasteiger partial charge >= 0.3 is 0 Å². The lowest BCUT2D eigenvalue weighted by Gasteiger charge is -2.27. The molecule has 1 fully saturated rings. The summed E-state index contributed by atoms with van der Waals surface area (Å²) in [5.74, 6) is -1.97. The van der Waals surface area contributed by atoms with Crippen molar-refractivity contribution in [2.24, 2.45) is 0 Å². The summed E-state index contributed by atoms with van der Waals surface area (Å²) in [6.45, 7) is 1.41. The van der Waals surface area contributed by atoms with E-state index in [1.165, 1.54) is 5.56 Å². The highest BCUT2D eigenvalue weighted by Crippen LogP contribution is 2.32. The maximum atomic E-state index is 12.9. The van der Waals surface area contributed by atoms with Crippen molar-refractivity contribution in [2.45, 2.75) is 31.8 Å². The summed E-state index contributed by atoms with van der Waals surface area (Å²) in [6, 6.07) is 10.3. The molecule has 1 unspecified atom stereocenters. The number of fused-ring (bicyclic) bond motifs is 2. The molecule has 8 heteroatoms. The average molecular weight is 404 g/mol. The highest BCUT2D eigenvalue weighted by Gasteiger charge is 2.44. The van der Waals surface area contributed by atoms with E-state index in [0.29, 0.717) is 12.1 Å². The minimum absolute atomic E-state index is 0.106. The maximum Gasteiger partial charge on any atom is 0.262 e. The Hall–Kier alpha value is -3.68. The first-order valence-electron chi connectivity index (χ1n) is 9.97. The summed E-state index contributed by atoms with van der Waals surface area (Å²) < 4.78 is 0. The highest BCUT2D eigenvalue weighted by atomic mass is 16.2. The Morgan fingerprint density at radius 2 is 1.83 bits per heavy atom. The maximum absolute atomic E-state index is 12.9. The second-order valence-electron chi connectivity index (χ2n) is 7.70. The zero-order valence-electron chi connectivity index (χ0n) is 16.2. The largest absolute Gasteiger partial charge is 0.383 e. The lowest BCUT2D eigenvalue weighted by molar-refractivity contribution is -0.136. The monoisotopic (exact) mass is 404 g/mol. The summed E-state index contributed by atoms with van der Waals surface area (Å²) >= 11 is 0. The van der Waals surface area contributed by atoms with Crippen molar-refractivity contribution in [3.05, 3.63) is 58.7 Å². The van der Waals surface area contributed by atoms with Crippen molar-refractivity contribution in [3.8, 4) is 0 Å². The number of imide groups is 2. The molecule has 0 aromatic heterocycles. The number of piperidine rings is 1. The Morgan fingerprint density at radius 3 is 2.67 bits per heavy atom. The lowest BCUT2D eigenvalue weighted by Crippen LogP contribution is -2.54. The molecule has 8 nitrogen and oxygen atoms in total. The van der Waals surface area contributed by atoms with Crippen molar-refractivity contribution in [2.75, 3.05) is 17.2 Å². The average Bonchev–Trinajstić information content (AvgIpc) is 3.31. The van der Waals surface area contributed by atoms with Crippen LogP contribution in [0.3, 0.4) is 0 Å². The summed E-state index contributed by atoms with van der Waals surface area (Å²) in [5, 5.41) is 8.97. The van der Waals surface area contributed by atoms with Gasteiger partial charge < -0.3 is 10.6 Å². The van der Waals surface area contributed by atoms with Crippen LogP contribution in [0.25, 0.3) is 0 Å². The third kappa shape index (κ3) is 2.92. The second kappa shape index (κ2) is 6.98. The molecule has 3 N–H and O–H groups in total. The molecule has 4 amide bonds. The van der Waals surface area contributed by atoms with Crippen LogP contribution in [0.5, 0.6) is 0 Å². The van der Waals surface area contributed by atoms with Crippen molar-refractivity contribution < 1.29 is 19.2 Å². The smallest absolute Gasteiger partial charge is 0.262 e. The number of anilines is 2. The predicted octanol–water partition coefficient (Wildman–Crippen LogP) is 1.67. The van der Waals surface area contributed by atoms with E-state index in [2.05, 4.69) is 22.0 Å². The number of hydrogen-bond donors (Lipinski definition) is 3. The third-order valence-corrected chi connectivity index (χ3v) is 5.83. The van der Waals surface area contributed by atoms with E-state index >= 15 is 0 Å². The van der Waals surface area contributed by atoms with Gasteiger partial charge in [-0.1, -0.05) is 18.2 Å². The van der Waals surface area contributed by atoms with E-state index in [9.17, 15) is 19.2 Å². The van der Waals surface area contributed by atoms with Crippen LogP contribution in [0.4, 0.5) is 11.4 Å². The molecule has 152 valence electrons. The summed E-state index contributed by atoms with van der Waals surface area (Å²) in [4.78, 5) is 50.2. The number of benzene rings is 2. The Bertz CT molecular complexity index is 1110. The Kier molecular flexibility index (Phi) is 4.27. The van der Waals surface area contributed by atoms with E-state index in [1.54, 1.807) is 12.1 Å². The van der Waals surface area contributed by atoms with Gasteiger partial charge in [-0.05, 0) is 42.2 Å². The molecule has 3 aliphatic heterocycles. The van der Waals surface area contributed by atoms with Gasteiger partial charge in [-0.3, -0.25) is 29.4 Å². The van der Waals surface area contributed by atoms with Crippen LogP contribution >= 0.6 is 0 Å². The van der Waals surface area contributed by atoms with Crippen LogP contribution in [0, 0.1) is 0 Å². The molecule has 0 radical (unpaired) electrons. The quantitative estimate of drug-likeness (QED) is 0.669. The normalized spacial score (nSPS) is 20.0.